The zero-order valence-corrected chi connectivity index (χ0v) is 11.7. The Morgan fingerprint density at radius 1 is 1.38 bits per heavy atom. The second kappa shape index (κ2) is 5.99. The summed E-state index contributed by atoms with van der Waals surface area (Å²) in [7, 11) is 0. The number of benzene rings is 1. The van der Waals surface area contributed by atoms with Gasteiger partial charge in [0.05, 0.1) is 6.61 Å². The average molecular weight is 286 g/mol. The second-order valence-corrected chi connectivity index (χ2v) is 5.31. The lowest BCUT2D eigenvalue weighted by Gasteiger charge is -2.08. The van der Waals surface area contributed by atoms with Crippen molar-refractivity contribution in [2.24, 2.45) is 0 Å². The van der Waals surface area contributed by atoms with Gasteiger partial charge < -0.3 is 15.0 Å². The highest BCUT2D eigenvalue weighted by atomic mass is 16.5. The quantitative estimate of drug-likeness (QED) is 0.825. The molecular weight excluding hydrogens is 268 g/mol. The molecule has 0 spiro atoms. The fourth-order valence-electron chi connectivity index (χ4n) is 2.60. The van der Waals surface area contributed by atoms with Crippen LogP contribution in [-0.4, -0.2) is 29.5 Å². The molecule has 2 heterocycles. The molecule has 110 valence electrons. The first kappa shape index (κ1) is 13.7. The molecular formula is C16H18N2O3. The maximum absolute atomic E-state index is 11.8. The van der Waals surface area contributed by atoms with Crippen molar-refractivity contribution >= 4 is 22.8 Å². The SMILES string of the molecule is O=C(CCCc1cc2ccccc2[nH]1)N[C@@H]1CCOC1=O. The number of aryl methyl sites for hydroxylation is 1. The summed E-state index contributed by atoms with van der Waals surface area (Å²) in [6.07, 6.45) is 2.56. The lowest BCUT2D eigenvalue weighted by Crippen LogP contribution is -2.37. The number of esters is 1. The number of fused-ring (bicyclic) bond motifs is 1. The van der Waals surface area contributed by atoms with Crippen LogP contribution in [-0.2, 0) is 20.7 Å². The summed E-state index contributed by atoms with van der Waals surface area (Å²) in [5.74, 6) is -0.408. The number of carbonyl (C=O) groups excluding carboxylic acids is 2. The number of aromatic amines is 1. The highest BCUT2D eigenvalue weighted by molar-refractivity contribution is 5.85. The number of hydrogen-bond acceptors (Lipinski definition) is 3. The molecule has 1 atom stereocenters. The second-order valence-electron chi connectivity index (χ2n) is 5.31. The monoisotopic (exact) mass is 286 g/mol. The minimum atomic E-state index is -0.453. The van der Waals surface area contributed by atoms with Gasteiger partial charge in [-0.2, -0.15) is 0 Å². The molecule has 3 rings (SSSR count). The van der Waals surface area contributed by atoms with E-state index in [4.69, 9.17) is 4.74 Å². The lowest BCUT2D eigenvalue weighted by atomic mass is 10.1. The highest BCUT2D eigenvalue weighted by Crippen LogP contribution is 2.16. The van der Waals surface area contributed by atoms with Crippen LogP contribution in [0.15, 0.2) is 30.3 Å². The summed E-state index contributed by atoms with van der Waals surface area (Å²) in [5, 5.41) is 3.90. The minimum Gasteiger partial charge on any atom is -0.464 e. The van der Waals surface area contributed by atoms with E-state index >= 15 is 0 Å². The normalized spacial score (nSPS) is 17.9. The van der Waals surface area contributed by atoms with Crippen LogP contribution in [0.25, 0.3) is 10.9 Å². The Balaban J connectivity index is 1.47. The Bertz CT molecular complexity index is 629. The van der Waals surface area contributed by atoms with Crippen LogP contribution in [0.3, 0.4) is 0 Å². The summed E-state index contributed by atoms with van der Waals surface area (Å²) in [5.41, 5.74) is 2.25. The molecule has 1 amide bonds. The molecule has 21 heavy (non-hydrogen) atoms. The molecule has 0 unspecified atom stereocenters. The van der Waals surface area contributed by atoms with Crippen molar-refractivity contribution in [3.05, 3.63) is 36.0 Å². The predicted octanol–water partition coefficient (Wildman–Crippen LogP) is 1.92. The van der Waals surface area contributed by atoms with Gasteiger partial charge in [0.25, 0.3) is 0 Å². The Hall–Kier alpha value is -2.30. The van der Waals surface area contributed by atoms with Crippen molar-refractivity contribution in [2.75, 3.05) is 6.61 Å². The van der Waals surface area contributed by atoms with Gasteiger partial charge in [-0.1, -0.05) is 18.2 Å². The number of cyclic esters (lactones) is 1. The summed E-state index contributed by atoms with van der Waals surface area (Å²) in [6, 6.07) is 9.77. The standard InChI is InChI=1S/C16H18N2O3/c19-15(18-14-8-9-21-16(14)20)7-3-5-12-10-11-4-1-2-6-13(11)17-12/h1-2,4,6,10,14,17H,3,5,7-9H2,(H,18,19)/t14-/m1/s1. The van der Waals surface area contributed by atoms with Gasteiger partial charge in [0.1, 0.15) is 6.04 Å². The van der Waals surface area contributed by atoms with Crippen molar-refractivity contribution in [2.45, 2.75) is 31.7 Å². The van der Waals surface area contributed by atoms with Gasteiger partial charge >= 0.3 is 5.97 Å². The van der Waals surface area contributed by atoms with Crippen molar-refractivity contribution in [3.8, 4) is 0 Å². The summed E-state index contributed by atoms with van der Waals surface area (Å²) in [4.78, 5) is 26.4. The molecule has 0 saturated carbocycles. The molecule has 0 bridgehead atoms. The number of hydrogen-bond donors (Lipinski definition) is 2. The number of rotatable bonds is 5. The number of aromatic nitrogens is 1. The van der Waals surface area contributed by atoms with E-state index in [-0.39, 0.29) is 11.9 Å². The Morgan fingerprint density at radius 2 is 2.24 bits per heavy atom. The molecule has 1 aromatic heterocycles. The van der Waals surface area contributed by atoms with Crippen LogP contribution in [0.2, 0.25) is 0 Å². The topological polar surface area (TPSA) is 71.2 Å². The van der Waals surface area contributed by atoms with E-state index in [2.05, 4.69) is 22.4 Å². The molecule has 2 N–H and O–H groups in total. The minimum absolute atomic E-state index is 0.0880. The van der Waals surface area contributed by atoms with Crippen LogP contribution in [0.5, 0.6) is 0 Å². The van der Waals surface area contributed by atoms with E-state index in [1.165, 1.54) is 5.39 Å². The third-order valence-electron chi connectivity index (χ3n) is 3.71. The molecule has 2 aromatic rings. The fourth-order valence-corrected chi connectivity index (χ4v) is 2.60. The summed E-state index contributed by atoms with van der Waals surface area (Å²) in [6.45, 7) is 0.402. The molecule has 1 saturated heterocycles. The van der Waals surface area contributed by atoms with E-state index in [0.717, 1.165) is 24.1 Å². The van der Waals surface area contributed by atoms with E-state index in [9.17, 15) is 9.59 Å². The number of H-pyrrole nitrogens is 1. The Labute approximate surface area is 122 Å². The van der Waals surface area contributed by atoms with E-state index in [0.29, 0.717) is 19.4 Å². The zero-order valence-electron chi connectivity index (χ0n) is 11.7. The number of ether oxygens (including phenoxy) is 1. The van der Waals surface area contributed by atoms with Gasteiger partial charge in [-0.05, 0) is 30.4 Å². The molecule has 1 fully saturated rings. The van der Waals surface area contributed by atoms with Gasteiger partial charge in [-0.25, -0.2) is 4.79 Å². The zero-order chi connectivity index (χ0) is 14.7. The lowest BCUT2D eigenvalue weighted by molar-refractivity contribution is -0.141. The van der Waals surface area contributed by atoms with Gasteiger partial charge in [-0.15, -0.1) is 0 Å². The number of para-hydroxylation sites is 1. The smallest absolute Gasteiger partial charge is 0.328 e. The van der Waals surface area contributed by atoms with Crippen LogP contribution < -0.4 is 5.32 Å². The molecule has 0 aliphatic carbocycles. The molecule has 1 aliphatic heterocycles. The first-order valence-electron chi connectivity index (χ1n) is 7.25. The maximum atomic E-state index is 11.8. The van der Waals surface area contributed by atoms with Crippen LogP contribution >= 0.6 is 0 Å². The number of carbonyl (C=O) groups is 2. The Kier molecular flexibility index (Phi) is 3.90. The largest absolute Gasteiger partial charge is 0.464 e. The molecule has 1 aromatic carbocycles. The summed E-state index contributed by atoms with van der Waals surface area (Å²) < 4.78 is 4.82. The number of nitrogens with one attached hydrogen (secondary N) is 2. The molecule has 0 radical (unpaired) electrons. The fraction of sp³-hybridized carbons (Fsp3) is 0.375. The van der Waals surface area contributed by atoms with E-state index in [1.54, 1.807) is 0 Å². The van der Waals surface area contributed by atoms with Crippen LogP contribution in [0, 0.1) is 0 Å². The van der Waals surface area contributed by atoms with E-state index < -0.39 is 6.04 Å². The van der Waals surface area contributed by atoms with Gasteiger partial charge in [0, 0.05) is 24.1 Å². The maximum Gasteiger partial charge on any atom is 0.328 e. The van der Waals surface area contributed by atoms with Gasteiger partial charge in [0.15, 0.2) is 0 Å². The van der Waals surface area contributed by atoms with Crippen molar-refractivity contribution < 1.29 is 14.3 Å². The Morgan fingerprint density at radius 3 is 3.00 bits per heavy atom. The third-order valence-corrected chi connectivity index (χ3v) is 3.71. The van der Waals surface area contributed by atoms with Crippen LogP contribution in [0.1, 0.15) is 25.0 Å². The van der Waals surface area contributed by atoms with E-state index in [1.807, 2.05) is 18.2 Å². The third kappa shape index (κ3) is 3.24. The van der Waals surface area contributed by atoms with Gasteiger partial charge in [0.2, 0.25) is 5.91 Å². The van der Waals surface area contributed by atoms with Crippen molar-refractivity contribution in [3.63, 3.8) is 0 Å². The number of amides is 1. The molecule has 5 heteroatoms. The summed E-state index contributed by atoms with van der Waals surface area (Å²) >= 11 is 0. The first-order chi connectivity index (χ1) is 10.2. The molecule has 1 aliphatic rings. The van der Waals surface area contributed by atoms with Crippen molar-refractivity contribution in [1.29, 1.82) is 0 Å². The first-order valence-corrected chi connectivity index (χ1v) is 7.25. The predicted molar refractivity (Wildman–Crippen MR) is 78.7 cm³/mol. The van der Waals surface area contributed by atoms with Gasteiger partial charge in [-0.3, -0.25) is 4.79 Å². The van der Waals surface area contributed by atoms with Crippen LogP contribution in [0.4, 0.5) is 0 Å². The highest BCUT2D eigenvalue weighted by Gasteiger charge is 2.27. The molecule has 5 nitrogen and oxygen atoms in total. The van der Waals surface area contributed by atoms with Crippen molar-refractivity contribution in [1.82, 2.24) is 10.3 Å². The average Bonchev–Trinajstić information content (AvgIpc) is 3.05.